The van der Waals surface area contributed by atoms with Crippen LogP contribution in [0.5, 0.6) is 0 Å². The molecule has 0 aliphatic rings. The lowest BCUT2D eigenvalue weighted by Crippen LogP contribution is -2.38. The number of amides is 1. The number of aliphatic hydroxyl groups is 1. The molecule has 0 saturated carbocycles. The van der Waals surface area contributed by atoms with Crippen LogP contribution in [0.25, 0.3) is 0 Å². The first-order chi connectivity index (χ1) is 9.49. The van der Waals surface area contributed by atoms with Crippen LogP contribution in [0.4, 0.5) is 0 Å². The summed E-state index contributed by atoms with van der Waals surface area (Å²) in [7, 11) is 0. The minimum absolute atomic E-state index is 0.137. The zero-order valence-electron chi connectivity index (χ0n) is 11.1. The van der Waals surface area contributed by atoms with E-state index in [1.54, 1.807) is 31.2 Å². The predicted molar refractivity (Wildman–Crippen MR) is 79.8 cm³/mol. The third kappa shape index (κ3) is 3.59. The highest BCUT2D eigenvalue weighted by Gasteiger charge is 2.23. The highest BCUT2D eigenvalue weighted by Crippen LogP contribution is 2.19. The van der Waals surface area contributed by atoms with E-state index in [4.69, 9.17) is 11.6 Å². The molecule has 2 N–H and O–H groups in total. The molecule has 0 fully saturated rings. The fourth-order valence-electron chi connectivity index (χ4n) is 1.85. The third-order valence-electron chi connectivity index (χ3n) is 3.10. The van der Waals surface area contributed by atoms with Crippen LogP contribution in [0, 0.1) is 0 Å². The van der Waals surface area contributed by atoms with Crippen LogP contribution in [0.3, 0.4) is 0 Å². The molecule has 0 saturated heterocycles. The Morgan fingerprint density at radius 2 is 1.75 bits per heavy atom. The van der Waals surface area contributed by atoms with Crippen LogP contribution in [0.1, 0.15) is 22.8 Å². The van der Waals surface area contributed by atoms with Gasteiger partial charge in [0.05, 0.1) is 6.54 Å². The van der Waals surface area contributed by atoms with E-state index in [0.717, 1.165) is 5.56 Å². The standard InChI is InChI=1S/C16H16ClNO2/c1-16(20,13-5-3-2-4-6-13)11-18-15(19)12-7-9-14(17)10-8-12/h2-10,20H,11H2,1H3,(H,18,19). The summed E-state index contributed by atoms with van der Waals surface area (Å²) in [6.07, 6.45) is 0. The molecule has 1 amide bonds. The van der Waals surface area contributed by atoms with Crippen molar-refractivity contribution in [3.8, 4) is 0 Å². The fraction of sp³-hybridized carbons (Fsp3) is 0.188. The highest BCUT2D eigenvalue weighted by atomic mass is 35.5. The van der Waals surface area contributed by atoms with Gasteiger partial charge in [-0.05, 0) is 36.8 Å². The Morgan fingerprint density at radius 3 is 2.35 bits per heavy atom. The Kier molecular flexibility index (Phi) is 4.42. The Morgan fingerprint density at radius 1 is 1.15 bits per heavy atom. The predicted octanol–water partition coefficient (Wildman–Crippen LogP) is 2.98. The smallest absolute Gasteiger partial charge is 0.251 e. The summed E-state index contributed by atoms with van der Waals surface area (Å²) in [4.78, 5) is 12.0. The van der Waals surface area contributed by atoms with E-state index >= 15 is 0 Å². The zero-order chi connectivity index (χ0) is 14.6. The number of halogens is 1. The molecule has 4 heteroatoms. The third-order valence-corrected chi connectivity index (χ3v) is 3.35. The van der Waals surface area contributed by atoms with Crippen molar-refractivity contribution in [3.63, 3.8) is 0 Å². The molecule has 2 aromatic carbocycles. The summed E-state index contributed by atoms with van der Waals surface area (Å²) in [6.45, 7) is 1.81. The van der Waals surface area contributed by atoms with Gasteiger partial charge in [-0.3, -0.25) is 4.79 Å². The van der Waals surface area contributed by atoms with E-state index in [-0.39, 0.29) is 12.5 Å². The summed E-state index contributed by atoms with van der Waals surface area (Å²) in [5.41, 5.74) is 0.165. The van der Waals surface area contributed by atoms with Crippen molar-refractivity contribution in [1.29, 1.82) is 0 Å². The van der Waals surface area contributed by atoms with E-state index < -0.39 is 5.60 Å². The molecule has 1 atom stereocenters. The lowest BCUT2D eigenvalue weighted by atomic mass is 9.96. The number of hydrogen-bond donors (Lipinski definition) is 2. The average Bonchev–Trinajstić information content (AvgIpc) is 2.46. The molecule has 0 heterocycles. The van der Waals surface area contributed by atoms with Crippen molar-refractivity contribution >= 4 is 17.5 Å². The molecule has 0 aliphatic heterocycles. The monoisotopic (exact) mass is 289 g/mol. The van der Waals surface area contributed by atoms with Gasteiger partial charge in [0.1, 0.15) is 5.60 Å². The molecule has 2 aromatic rings. The average molecular weight is 290 g/mol. The zero-order valence-corrected chi connectivity index (χ0v) is 11.9. The topological polar surface area (TPSA) is 49.3 Å². The summed E-state index contributed by atoms with van der Waals surface area (Å²) >= 11 is 5.77. The maximum Gasteiger partial charge on any atom is 0.251 e. The number of benzene rings is 2. The maximum atomic E-state index is 12.0. The van der Waals surface area contributed by atoms with Gasteiger partial charge in [-0.25, -0.2) is 0 Å². The summed E-state index contributed by atoms with van der Waals surface area (Å²) in [5, 5.41) is 13.7. The number of hydrogen-bond acceptors (Lipinski definition) is 2. The van der Waals surface area contributed by atoms with Crippen molar-refractivity contribution in [3.05, 3.63) is 70.7 Å². The van der Waals surface area contributed by atoms with Crippen LogP contribution in [-0.4, -0.2) is 17.6 Å². The van der Waals surface area contributed by atoms with Gasteiger partial charge >= 0.3 is 0 Å². The number of carbonyl (C=O) groups excluding carboxylic acids is 1. The van der Waals surface area contributed by atoms with Crippen LogP contribution in [0.2, 0.25) is 5.02 Å². The molecule has 0 aliphatic carbocycles. The van der Waals surface area contributed by atoms with Gasteiger partial charge in [-0.1, -0.05) is 41.9 Å². The minimum atomic E-state index is -1.11. The summed E-state index contributed by atoms with van der Waals surface area (Å²) in [5.74, 6) is -0.238. The van der Waals surface area contributed by atoms with E-state index in [0.29, 0.717) is 10.6 Å². The number of carbonyl (C=O) groups is 1. The van der Waals surface area contributed by atoms with E-state index in [9.17, 15) is 9.90 Å². The molecular weight excluding hydrogens is 274 g/mol. The SMILES string of the molecule is CC(O)(CNC(=O)c1ccc(Cl)cc1)c1ccccc1. The molecule has 104 valence electrons. The van der Waals surface area contributed by atoms with Crippen molar-refractivity contribution in [1.82, 2.24) is 5.32 Å². The Bertz CT molecular complexity index is 579. The second kappa shape index (κ2) is 6.07. The molecule has 3 nitrogen and oxygen atoms in total. The molecular formula is C16H16ClNO2. The molecule has 0 radical (unpaired) electrons. The molecule has 0 aromatic heterocycles. The normalized spacial score (nSPS) is 13.6. The Labute approximate surface area is 123 Å². The molecule has 0 bridgehead atoms. The molecule has 2 rings (SSSR count). The van der Waals surface area contributed by atoms with Crippen molar-refractivity contribution in [2.24, 2.45) is 0 Å². The van der Waals surface area contributed by atoms with Gasteiger partial charge in [-0.15, -0.1) is 0 Å². The van der Waals surface area contributed by atoms with Crippen LogP contribution >= 0.6 is 11.6 Å². The first-order valence-corrected chi connectivity index (χ1v) is 6.68. The molecule has 0 spiro atoms. The number of nitrogens with one attached hydrogen (secondary N) is 1. The first-order valence-electron chi connectivity index (χ1n) is 6.31. The second-order valence-electron chi connectivity index (χ2n) is 4.83. The second-order valence-corrected chi connectivity index (χ2v) is 5.27. The Balaban J connectivity index is 2.01. The summed E-state index contributed by atoms with van der Waals surface area (Å²) in [6, 6.07) is 15.9. The van der Waals surface area contributed by atoms with Crippen LogP contribution < -0.4 is 5.32 Å². The Hall–Kier alpha value is -1.84. The van der Waals surface area contributed by atoms with Crippen molar-refractivity contribution in [2.45, 2.75) is 12.5 Å². The van der Waals surface area contributed by atoms with Gasteiger partial charge in [0.15, 0.2) is 0 Å². The highest BCUT2D eigenvalue weighted by molar-refractivity contribution is 6.30. The molecule has 1 unspecified atom stereocenters. The van der Waals surface area contributed by atoms with Crippen molar-refractivity contribution < 1.29 is 9.90 Å². The largest absolute Gasteiger partial charge is 0.384 e. The minimum Gasteiger partial charge on any atom is -0.384 e. The fourth-order valence-corrected chi connectivity index (χ4v) is 1.98. The first kappa shape index (κ1) is 14.6. The lowest BCUT2D eigenvalue weighted by molar-refractivity contribution is 0.0526. The van der Waals surface area contributed by atoms with Gasteiger partial charge in [0, 0.05) is 10.6 Å². The lowest BCUT2D eigenvalue weighted by Gasteiger charge is -2.24. The van der Waals surface area contributed by atoms with E-state index in [1.165, 1.54) is 0 Å². The van der Waals surface area contributed by atoms with E-state index in [1.807, 2.05) is 30.3 Å². The quantitative estimate of drug-likeness (QED) is 0.909. The van der Waals surface area contributed by atoms with Gasteiger partial charge in [0.2, 0.25) is 0 Å². The van der Waals surface area contributed by atoms with Gasteiger partial charge < -0.3 is 10.4 Å². The van der Waals surface area contributed by atoms with Crippen molar-refractivity contribution in [2.75, 3.05) is 6.54 Å². The van der Waals surface area contributed by atoms with Gasteiger partial charge in [-0.2, -0.15) is 0 Å². The van der Waals surface area contributed by atoms with Crippen LogP contribution in [0.15, 0.2) is 54.6 Å². The number of rotatable bonds is 4. The molecule has 20 heavy (non-hydrogen) atoms. The summed E-state index contributed by atoms with van der Waals surface area (Å²) < 4.78 is 0. The van der Waals surface area contributed by atoms with Crippen LogP contribution in [-0.2, 0) is 5.60 Å². The maximum absolute atomic E-state index is 12.0. The van der Waals surface area contributed by atoms with E-state index in [2.05, 4.69) is 5.32 Å². The van der Waals surface area contributed by atoms with Gasteiger partial charge in [0.25, 0.3) is 5.91 Å².